The molecule has 1 aromatic rings. The zero-order valence-corrected chi connectivity index (χ0v) is 10.4. The predicted molar refractivity (Wildman–Crippen MR) is 64.6 cm³/mol. The Balaban J connectivity index is 2.80. The average molecular weight is 248 g/mol. The van der Waals surface area contributed by atoms with E-state index in [9.17, 15) is 0 Å². The third-order valence-electron chi connectivity index (χ3n) is 2.08. The number of ether oxygens (including phenoxy) is 1. The lowest BCUT2D eigenvalue weighted by Gasteiger charge is -2.24. The van der Waals surface area contributed by atoms with E-state index in [1.165, 1.54) is 0 Å². The van der Waals surface area contributed by atoms with Gasteiger partial charge in [-0.15, -0.1) is 0 Å². The van der Waals surface area contributed by atoms with Crippen LogP contribution in [0, 0.1) is 0 Å². The van der Waals surface area contributed by atoms with Crippen LogP contribution in [-0.2, 0) is 11.2 Å². The molecular weight excluding hydrogens is 233 g/mol. The summed E-state index contributed by atoms with van der Waals surface area (Å²) in [6.07, 6.45) is 0.664. The number of rotatable bonds is 4. The highest BCUT2D eigenvalue weighted by molar-refractivity contribution is 6.35. The van der Waals surface area contributed by atoms with E-state index >= 15 is 0 Å². The van der Waals surface area contributed by atoms with Crippen LogP contribution in [0.25, 0.3) is 0 Å². The highest BCUT2D eigenvalue weighted by Crippen LogP contribution is 2.24. The molecule has 0 aliphatic heterocycles. The molecule has 1 atom stereocenters. The largest absolute Gasteiger partial charge is 0.383 e. The standard InChI is InChI=1S/C11H15Cl2NO/c1-11(14,7-15-2)6-8-3-4-9(12)5-10(8)13/h3-5H,6-7,14H2,1-2H3. The highest BCUT2D eigenvalue weighted by Gasteiger charge is 2.20. The van der Waals surface area contributed by atoms with Crippen molar-refractivity contribution in [1.82, 2.24) is 0 Å². The lowest BCUT2D eigenvalue weighted by Crippen LogP contribution is -2.43. The van der Waals surface area contributed by atoms with E-state index in [0.29, 0.717) is 23.1 Å². The molecule has 1 rings (SSSR count). The Kier molecular flexibility index (Phi) is 4.41. The van der Waals surface area contributed by atoms with E-state index in [2.05, 4.69) is 0 Å². The van der Waals surface area contributed by atoms with Gasteiger partial charge in [0.1, 0.15) is 0 Å². The van der Waals surface area contributed by atoms with Gasteiger partial charge in [-0.2, -0.15) is 0 Å². The Labute approximate surface area is 100 Å². The van der Waals surface area contributed by atoms with Gasteiger partial charge < -0.3 is 10.5 Å². The van der Waals surface area contributed by atoms with Crippen molar-refractivity contribution in [2.24, 2.45) is 5.73 Å². The van der Waals surface area contributed by atoms with Gasteiger partial charge >= 0.3 is 0 Å². The third-order valence-corrected chi connectivity index (χ3v) is 2.67. The maximum Gasteiger partial charge on any atom is 0.0642 e. The van der Waals surface area contributed by atoms with E-state index in [1.54, 1.807) is 13.2 Å². The van der Waals surface area contributed by atoms with Gasteiger partial charge in [0.2, 0.25) is 0 Å². The quantitative estimate of drug-likeness (QED) is 0.889. The molecule has 0 saturated heterocycles. The van der Waals surface area contributed by atoms with Crippen LogP contribution in [0.15, 0.2) is 18.2 Å². The Morgan fingerprint density at radius 2 is 2.07 bits per heavy atom. The first kappa shape index (κ1) is 12.8. The summed E-state index contributed by atoms with van der Waals surface area (Å²) in [5.41, 5.74) is 6.63. The molecule has 15 heavy (non-hydrogen) atoms. The molecule has 2 N–H and O–H groups in total. The Morgan fingerprint density at radius 3 is 2.60 bits per heavy atom. The van der Waals surface area contributed by atoms with Crippen LogP contribution in [0.2, 0.25) is 10.0 Å². The third kappa shape index (κ3) is 3.99. The first-order valence-electron chi connectivity index (χ1n) is 4.66. The van der Waals surface area contributed by atoms with Crippen LogP contribution in [-0.4, -0.2) is 19.3 Å². The van der Waals surface area contributed by atoms with Crippen LogP contribution < -0.4 is 5.73 Å². The molecule has 1 unspecified atom stereocenters. The topological polar surface area (TPSA) is 35.2 Å². The van der Waals surface area contributed by atoms with Gasteiger partial charge in [0.05, 0.1) is 6.61 Å². The Bertz CT molecular complexity index is 339. The van der Waals surface area contributed by atoms with Crippen molar-refractivity contribution >= 4 is 23.2 Å². The summed E-state index contributed by atoms with van der Waals surface area (Å²) in [6.45, 7) is 2.42. The van der Waals surface area contributed by atoms with Crippen molar-refractivity contribution < 1.29 is 4.74 Å². The molecule has 0 aliphatic carbocycles. The van der Waals surface area contributed by atoms with Gasteiger partial charge in [0.25, 0.3) is 0 Å². The lowest BCUT2D eigenvalue weighted by molar-refractivity contribution is 0.141. The van der Waals surface area contributed by atoms with Crippen molar-refractivity contribution in [1.29, 1.82) is 0 Å². The number of methoxy groups -OCH3 is 1. The number of nitrogens with two attached hydrogens (primary N) is 1. The van der Waals surface area contributed by atoms with Crippen LogP contribution in [0.5, 0.6) is 0 Å². The number of hydrogen-bond donors (Lipinski definition) is 1. The SMILES string of the molecule is COCC(C)(N)Cc1ccc(Cl)cc1Cl. The Morgan fingerprint density at radius 1 is 1.40 bits per heavy atom. The second kappa shape index (κ2) is 5.17. The van der Waals surface area contributed by atoms with Crippen molar-refractivity contribution in [3.05, 3.63) is 33.8 Å². The fraction of sp³-hybridized carbons (Fsp3) is 0.455. The first-order chi connectivity index (χ1) is 6.94. The molecule has 0 radical (unpaired) electrons. The molecule has 4 heteroatoms. The summed E-state index contributed by atoms with van der Waals surface area (Å²) in [5.74, 6) is 0. The highest BCUT2D eigenvalue weighted by atomic mass is 35.5. The Hall–Kier alpha value is -0.280. The van der Waals surface area contributed by atoms with Gasteiger partial charge in [-0.3, -0.25) is 0 Å². The molecule has 2 nitrogen and oxygen atoms in total. The molecule has 0 aliphatic rings. The predicted octanol–water partition coefficient (Wildman–Crippen LogP) is 2.90. The molecule has 1 aromatic carbocycles. The van der Waals surface area contributed by atoms with Crippen molar-refractivity contribution in [2.75, 3.05) is 13.7 Å². The normalized spacial score (nSPS) is 15.0. The second-order valence-corrected chi connectivity index (χ2v) is 4.84. The summed E-state index contributed by atoms with van der Waals surface area (Å²) < 4.78 is 5.05. The van der Waals surface area contributed by atoms with E-state index in [-0.39, 0.29) is 0 Å². The zero-order chi connectivity index (χ0) is 11.5. The number of hydrogen-bond acceptors (Lipinski definition) is 2. The molecular formula is C11H15Cl2NO. The van der Waals surface area contributed by atoms with E-state index in [4.69, 9.17) is 33.7 Å². The van der Waals surface area contributed by atoms with Crippen LogP contribution in [0.4, 0.5) is 0 Å². The minimum atomic E-state index is -0.410. The van der Waals surface area contributed by atoms with E-state index in [0.717, 1.165) is 5.56 Å². The van der Waals surface area contributed by atoms with Crippen molar-refractivity contribution in [3.8, 4) is 0 Å². The van der Waals surface area contributed by atoms with Crippen LogP contribution >= 0.6 is 23.2 Å². The van der Waals surface area contributed by atoms with Gasteiger partial charge in [-0.1, -0.05) is 29.3 Å². The number of halogens is 2. The summed E-state index contributed by atoms with van der Waals surface area (Å²) in [5, 5.41) is 1.28. The van der Waals surface area contributed by atoms with Crippen molar-refractivity contribution in [3.63, 3.8) is 0 Å². The smallest absolute Gasteiger partial charge is 0.0642 e. The van der Waals surface area contributed by atoms with Crippen LogP contribution in [0.3, 0.4) is 0 Å². The van der Waals surface area contributed by atoms with Gasteiger partial charge in [-0.05, 0) is 31.0 Å². The summed E-state index contributed by atoms with van der Waals surface area (Å²) >= 11 is 11.9. The monoisotopic (exact) mass is 247 g/mol. The fourth-order valence-electron chi connectivity index (χ4n) is 1.48. The minimum absolute atomic E-state index is 0.410. The maximum atomic E-state index is 6.05. The summed E-state index contributed by atoms with van der Waals surface area (Å²) in [7, 11) is 1.63. The fourth-order valence-corrected chi connectivity index (χ4v) is 1.96. The molecule has 84 valence electrons. The molecule has 0 spiro atoms. The molecule has 0 fully saturated rings. The minimum Gasteiger partial charge on any atom is -0.383 e. The molecule has 0 bridgehead atoms. The number of benzene rings is 1. The first-order valence-corrected chi connectivity index (χ1v) is 5.42. The molecule has 0 aromatic heterocycles. The van der Waals surface area contributed by atoms with Crippen LogP contribution in [0.1, 0.15) is 12.5 Å². The van der Waals surface area contributed by atoms with Crippen molar-refractivity contribution in [2.45, 2.75) is 18.9 Å². The van der Waals surface area contributed by atoms with E-state index in [1.807, 2.05) is 19.1 Å². The lowest BCUT2D eigenvalue weighted by atomic mass is 9.95. The molecule has 0 amide bonds. The van der Waals surface area contributed by atoms with Gasteiger partial charge in [0.15, 0.2) is 0 Å². The summed E-state index contributed by atoms with van der Waals surface area (Å²) in [6, 6.07) is 5.43. The second-order valence-electron chi connectivity index (χ2n) is 4.00. The zero-order valence-electron chi connectivity index (χ0n) is 8.89. The van der Waals surface area contributed by atoms with Gasteiger partial charge in [-0.25, -0.2) is 0 Å². The van der Waals surface area contributed by atoms with Gasteiger partial charge in [0, 0.05) is 22.7 Å². The maximum absolute atomic E-state index is 6.05. The average Bonchev–Trinajstić information content (AvgIpc) is 2.09. The summed E-state index contributed by atoms with van der Waals surface area (Å²) in [4.78, 5) is 0. The van der Waals surface area contributed by atoms with E-state index < -0.39 is 5.54 Å². The molecule has 0 saturated carbocycles. The molecule has 0 heterocycles.